The number of para-hydroxylation sites is 1. The summed E-state index contributed by atoms with van der Waals surface area (Å²) in [5, 5.41) is 12.6. The van der Waals surface area contributed by atoms with Crippen molar-refractivity contribution in [3.63, 3.8) is 0 Å². The van der Waals surface area contributed by atoms with Crippen molar-refractivity contribution in [1.82, 2.24) is 0 Å². The maximum absolute atomic E-state index is 11.1. The molecule has 0 heterocycles. The predicted molar refractivity (Wildman–Crippen MR) is 83.1 cm³/mol. The molecule has 0 saturated heterocycles. The molecule has 0 unspecified atom stereocenters. The highest BCUT2D eigenvalue weighted by molar-refractivity contribution is 6.42. The van der Waals surface area contributed by atoms with E-state index in [0.717, 1.165) is 16.9 Å². The summed E-state index contributed by atoms with van der Waals surface area (Å²) in [6.45, 7) is 2.40. The zero-order valence-corrected chi connectivity index (χ0v) is 12.4. The van der Waals surface area contributed by atoms with Crippen molar-refractivity contribution >= 4 is 11.7 Å². The highest BCUT2D eigenvalue weighted by Gasteiger charge is 2.13. The van der Waals surface area contributed by atoms with Crippen molar-refractivity contribution < 1.29 is 19.5 Å². The van der Waals surface area contributed by atoms with Crippen LogP contribution >= 0.6 is 0 Å². The van der Waals surface area contributed by atoms with Gasteiger partial charge in [-0.25, -0.2) is 4.79 Å². The molecule has 2 aromatic rings. The summed E-state index contributed by atoms with van der Waals surface area (Å²) in [5.41, 5.74) is 2.36. The lowest BCUT2D eigenvalue weighted by atomic mass is 10.1. The number of aliphatic carboxylic acids is 1. The van der Waals surface area contributed by atoms with Crippen LogP contribution in [-0.4, -0.2) is 23.9 Å². The fraction of sp³-hybridized carbons (Fsp3) is 0.176. The molecule has 22 heavy (non-hydrogen) atoms. The quantitative estimate of drug-likeness (QED) is 0.657. The Morgan fingerprint density at radius 3 is 2.41 bits per heavy atom. The third-order valence-corrected chi connectivity index (χ3v) is 3.10. The normalized spacial score (nSPS) is 11.1. The molecule has 0 fully saturated rings. The number of hydrogen-bond donors (Lipinski definition) is 1. The zero-order chi connectivity index (χ0) is 15.9. The molecule has 2 rings (SSSR count). The van der Waals surface area contributed by atoms with E-state index in [-0.39, 0.29) is 5.71 Å². The molecule has 0 aromatic heterocycles. The first-order valence-electron chi connectivity index (χ1n) is 6.74. The monoisotopic (exact) mass is 299 g/mol. The second-order valence-corrected chi connectivity index (χ2v) is 4.68. The number of rotatable bonds is 6. The lowest BCUT2D eigenvalue weighted by Gasteiger charge is -2.09. The molecule has 0 aliphatic carbocycles. The molecule has 114 valence electrons. The van der Waals surface area contributed by atoms with Crippen molar-refractivity contribution in [3.05, 3.63) is 65.2 Å². The van der Waals surface area contributed by atoms with E-state index in [1.807, 2.05) is 43.3 Å². The van der Waals surface area contributed by atoms with Crippen LogP contribution in [0.3, 0.4) is 0 Å². The van der Waals surface area contributed by atoms with Crippen molar-refractivity contribution in [2.24, 2.45) is 5.16 Å². The van der Waals surface area contributed by atoms with E-state index in [9.17, 15) is 4.79 Å². The van der Waals surface area contributed by atoms with Gasteiger partial charge in [0, 0.05) is 5.56 Å². The standard InChI is InChI=1S/C17H17NO4/c1-12-5-3-4-6-15(12)22-11-13-7-9-14(10-8-13)16(17(19)20)18-21-2/h3-10H,11H2,1-2H3,(H,19,20). The number of aryl methyl sites for hydroxylation is 1. The van der Waals surface area contributed by atoms with Gasteiger partial charge < -0.3 is 14.7 Å². The number of carboxylic acids is 1. The van der Waals surface area contributed by atoms with Gasteiger partial charge in [0.1, 0.15) is 19.5 Å². The first-order chi connectivity index (χ1) is 10.6. The van der Waals surface area contributed by atoms with Gasteiger partial charge in [0.05, 0.1) is 0 Å². The number of oxime groups is 1. The van der Waals surface area contributed by atoms with Gasteiger partial charge in [-0.05, 0) is 24.1 Å². The van der Waals surface area contributed by atoms with Crippen molar-refractivity contribution in [1.29, 1.82) is 0 Å². The van der Waals surface area contributed by atoms with Gasteiger partial charge in [-0.3, -0.25) is 0 Å². The van der Waals surface area contributed by atoms with Crippen molar-refractivity contribution in [3.8, 4) is 5.75 Å². The summed E-state index contributed by atoms with van der Waals surface area (Å²) in [4.78, 5) is 15.6. The van der Waals surface area contributed by atoms with E-state index in [2.05, 4.69) is 9.99 Å². The van der Waals surface area contributed by atoms with Crippen molar-refractivity contribution in [2.75, 3.05) is 7.11 Å². The summed E-state index contributed by atoms with van der Waals surface area (Å²) in [6.07, 6.45) is 0. The predicted octanol–water partition coefficient (Wildman–Crippen LogP) is 3.01. The summed E-state index contributed by atoms with van der Waals surface area (Å²) in [6, 6.07) is 14.8. The fourth-order valence-electron chi connectivity index (χ4n) is 1.94. The molecule has 0 aliphatic heterocycles. The molecule has 0 atom stereocenters. The summed E-state index contributed by atoms with van der Waals surface area (Å²) in [7, 11) is 1.31. The second kappa shape index (κ2) is 7.26. The molecule has 5 nitrogen and oxygen atoms in total. The summed E-state index contributed by atoms with van der Waals surface area (Å²) >= 11 is 0. The third kappa shape index (κ3) is 3.85. The van der Waals surface area contributed by atoms with E-state index < -0.39 is 5.97 Å². The average molecular weight is 299 g/mol. The Hall–Kier alpha value is -2.82. The van der Waals surface area contributed by atoms with E-state index >= 15 is 0 Å². The van der Waals surface area contributed by atoms with Crippen LogP contribution in [0.2, 0.25) is 0 Å². The molecule has 0 saturated carbocycles. The lowest BCUT2D eigenvalue weighted by Crippen LogP contribution is -2.14. The zero-order valence-electron chi connectivity index (χ0n) is 12.4. The first-order valence-corrected chi connectivity index (χ1v) is 6.74. The van der Waals surface area contributed by atoms with Crippen LogP contribution in [0, 0.1) is 6.92 Å². The summed E-state index contributed by atoms with van der Waals surface area (Å²) in [5.74, 6) is -0.301. The Bertz CT molecular complexity index is 677. The Balaban J connectivity index is 2.08. The SMILES string of the molecule is CON=C(C(=O)O)c1ccc(COc2ccccc2C)cc1. The smallest absolute Gasteiger partial charge is 0.358 e. The number of carboxylic acid groups (broad SMARTS) is 1. The Morgan fingerprint density at radius 1 is 1.14 bits per heavy atom. The van der Waals surface area contributed by atoms with Gasteiger partial charge in [0.25, 0.3) is 0 Å². The highest BCUT2D eigenvalue weighted by Crippen LogP contribution is 2.18. The Morgan fingerprint density at radius 2 is 1.82 bits per heavy atom. The number of ether oxygens (including phenoxy) is 1. The molecule has 0 bridgehead atoms. The molecule has 5 heteroatoms. The van der Waals surface area contributed by atoms with Crippen LogP contribution in [0.4, 0.5) is 0 Å². The van der Waals surface area contributed by atoms with Gasteiger partial charge in [-0.15, -0.1) is 0 Å². The fourth-order valence-corrected chi connectivity index (χ4v) is 1.94. The van der Waals surface area contributed by atoms with Gasteiger partial charge in [-0.2, -0.15) is 0 Å². The van der Waals surface area contributed by atoms with Gasteiger partial charge in [0.15, 0.2) is 5.71 Å². The van der Waals surface area contributed by atoms with Crippen LogP contribution in [0.5, 0.6) is 5.75 Å². The topological polar surface area (TPSA) is 68.1 Å². The minimum absolute atomic E-state index is 0.131. The third-order valence-electron chi connectivity index (χ3n) is 3.10. The van der Waals surface area contributed by atoms with E-state index in [1.165, 1.54) is 7.11 Å². The van der Waals surface area contributed by atoms with E-state index in [0.29, 0.717) is 12.2 Å². The van der Waals surface area contributed by atoms with Crippen LogP contribution in [0.15, 0.2) is 53.7 Å². The first kappa shape index (κ1) is 15.6. The van der Waals surface area contributed by atoms with Crippen LogP contribution in [-0.2, 0) is 16.2 Å². The minimum atomic E-state index is -1.13. The van der Waals surface area contributed by atoms with Gasteiger partial charge in [0.2, 0.25) is 0 Å². The number of carbonyl (C=O) groups is 1. The minimum Gasteiger partial charge on any atom is -0.489 e. The number of hydrogen-bond acceptors (Lipinski definition) is 4. The highest BCUT2D eigenvalue weighted by atomic mass is 16.6. The van der Waals surface area contributed by atoms with Gasteiger partial charge in [-0.1, -0.05) is 47.6 Å². The van der Waals surface area contributed by atoms with Crippen molar-refractivity contribution in [2.45, 2.75) is 13.5 Å². The van der Waals surface area contributed by atoms with E-state index in [1.54, 1.807) is 12.1 Å². The molecule has 0 spiro atoms. The second-order valence-electron chi connectivity index (χ2n) is 4.68. The molecular weight excluding hydrogens is 282 g/mol. The molecule has 0 amide bonds. The molecule has 1 N–H and O–H groups in total. The number of nitrogens with zero attached hydrogens (tertiary/aromatic N) is 1. The molecule has 0 radical (unpaired) electrons. The lowest BCUT2D eigenvalue weighted by molar-refractivity contribution is -0.129. The van der Waals surface area contributed by atoms with Crippen LogP contribution < -0.4 is 4.74 Å². The van der Waals surface area contributed by atoms with E-state index in [4.69, 9.17) is 9.84 Å². The van der Waals surface area contributed by atoms with Crippen LogP contribution in [0.25, 0.3) is 0 Å². The maximum atomic E-state index is 11.1. The van der Waals surface area contributed by atoms with Gasteiger partial charge >= 0.3 is 5.97 Å². The number of benzene rings is 2. The van der Waals surface area contributed by atoms with Crippen LogP contribution in [0.1, 0.15) is 16.7 Å². The summed E-state index contributed by atoms with van der Waals surface area (Å²) < 4.78 is 5.75. The Labute approximate surface area is 128 Å². The molecule has 2 aromatic carbocycles. The molecule has 0 aliphatic rings. The largest absolute Gasteiger partial charge is 0.489 e. The Kier molecular flexibility index (Phi) is 5.14. The average Bonchev–Trinajstić information content (AvgIpc) is 2.52. The maximum Gasteiger partial charge on any atom is 0.358 e. The molecular formula is C17H17NO4.